The molecule has 0 aromatic heterocycles. The smallest absolute Gasteiger partial charge is 0.171 e. The average Bonchev–Trinajstić information content (AvgIpc) is 2.08. The molecule has 0 unspecified atom stereocenters. The predicted molar refractivity (Wildman–Crippen MR) is 49.0 cm³/mol. The fourth-order valence-electron chi connectivity index (χ4n) is 0.748. The first kappa shape index (κ1) is 9.16. The zero-order chi connectivity index (χ0) is 9.14. The van der Waals surface area contributed by atoms with Gasteiger partial charge in [-0.05, 0) is 18.2 Å². The van der Waals surface area contributed by atoms with Crippen LogP contribution < -0.4 is 5.73 Å². The van der Waals surface area contributed by atoms with Gasteiger partial charge in [-0.25, -0.2) is 0 Å². The molecule has 0 saturated heterocycles. The van der Waals surface area contributed by atoms with Crippen LogP contribution in [0.5, 0.6) is 0 Å². The van der Waals surface area contributed by atoms with Crippen molar-refractivity contribution < 1.29 is 5.21 Å². The van der Waals surface area contributed by atoms with Gasteiger partial charge in [-0.2, -0.15) is 0 Å². The highest BCUT2D eigenvalue weighted by Crippen LogP contribution is 2.19. The van der Waals surface area contributed by atoms with Crippen molar-refractivity contribution in [2.45, 2.75) is 0 Å². The van der Waals surface area contributed by atoms with E-state index in [1.807, 2.05) is 0 Å². The Morgan fingerprint density at radius 1 is 1.42 bits per heavy atom. The van der Waals surface area contributed by atoms with Crippen LogP contribution in [0.15, 0.2) is 23.4 Å². The molecular weight excluding hydrogens is 199 g/mol. The Hall–Kier alpha value is -0.930. The monoisotopic (exact) mass is 204 g/mol. The minimum absolute atomic E-state index is 0.0532. The molecule has 3 N–H and O–H groups in total. The number of nitrogens with zero attached hydrogens (tertiary/aromatic N) is 1. The maximum atomic E-state index is 8.36. The number of nitrogens with two attached hydrogens (primary N) is 1. The number of halogens is 2. The fourth-order valence-corrected chi connectivity index (χ4v) is 1.13. The largest absolute Gasteiger partial charge is 0.409 e. The highest BCUT2D eigenvalue weighted by Gasteiger charge is 2.05. The highest BCUT2D eigenvalue weighted by molar-refractivity contribution is 6.35. The van der Waals surface area contributed by atoms with Crippen LogP contribution in [0.3, 0.4) is 0 Å². The Morgan fingerprint density at radius 3 is 2.67 bits per heavy atom. The van der Waals surface area contributed by atoms with E-state index in [2.05, 4.69) is 5.16 Å². The summed E-state index contributed by atoms with van der Waals surface area (Å²) in [6.07, 6.45) is 0. The molecule has 0 aliphatic heterocycles. The summed E-state index contributed by atoms with van der Waals surface area (Å²) in [5, 5.41) is 12.1. The molecule has 12 heavy (non-hydrogen) atoms. The van der Waals surface area contributed by atoms with Gasteiger partial charge in [0.05, 0.1) is 5.02 Å². The SMILES string of the molecule is N/C(=N/O)c1cc(Cl)ccc1Cl. The average molecular weight is 205 g/mol. The van der Waals surface area contributed by atoms with Crippen molar-refractivity contribution in [3.05, 3.63) is 33.8 Å². The van der Waals surface area contributed by atoms with E-state index in [1.165, 1.54) is 6.07 Å². The Morgan fingerprint density at radius 2 is 2.08 bits per heavy atom. The molecular formula is C7H6Cl2N2O. The molecule has 0 aliphatic carbocycles. The summed E-state index contributed by atoms with van der Waals surface area (Å²) in [4.78, 5) is 0. The van der Waals surface area contributed by atoms with Gasteiger partial charge in [0.1, 0.15) is 0 Å². The molecule has 0 atom stereocenters. The minimum Gasteiger partial charge on any atom is -0.409 e. The Kier molecular flexibility index (Phi) is 2.78. The van der Waals surface area contributed by atoms with E-state index in [9.17, 15) is 0 Å². The van der Waals surface area contributed by atoms with Gasteiger partial charge in [0.15, 0.2) is 5.84 Å². The van der Waals surface area contributed by atoms with Crippen LogP contribution >= 0.6 is 23.2 Å². The standard InChI is InChI=1S/C7H6Cl2N2O/c8-4-1-2-6(9)5(3-4)7(10)11-12/h1-3,12H,(H2,10,11). The third-order valence-corrected chi connectivity index (χ3v) is 1.88. The molecule has 0 fully saturated rings. The Labute approximate surface area is 79.4 Å². The maximum Gasteiger partial charge on any atom is 0.171 e. The van der Waals surface area contributed by atoms with Gasteiger partial charge in [-0.15, -0.1) is 0 Å². The van der Waals surface area contributed by atoms with Crippen molar-refractivity contribution in [3.63, 3.8) is 0 Å². The number of rotatable bonds is 1. The number of amidine groups is 1. The summed E-state index contributed by atoms with van der Waals surface area (Å²) in [5.74, 6) is -0.0532. The van der Waals surface area contributed by atoms with Gasteiger partial charge >= 0.3 is 0 Å². The van der Waals surface area contributed by atoms with Crippen molar-refractivity contribution in [3.8, 4) is 0 Å². The van der Waals surface area contributed by atoms with E-state index in [0.29, 0.717) is 15.6 Å². The number of hydrogen-bond acceptors (Lipinski definition) is 2. The highest BCUT2D eigenvalue weighted by atomic mass is 35.5. The first-order valence-electron chi connectivity index (χ1n) is 3.08. The topological polar surface area (TPSA) is 58.6 Å². The molecule has 0 radical (unpaired) electrons. The summed E-state index contributed by atoms with van der Waals surface area (Å²) in [5.41, 5.74) is 5.74. The van der Waals surface area contributed by atoms with Crippen LogP contribution in [0.4, 0.5) is 0 Å². The molecule has 1 rings (SSSR count). The number of benzene rings is 1. The fraction of sp³-hybridized carbons (Fsp3) is 0. The predicted octanol–water partition coefficient (Wildman–Crippen LogP) is 2.09. The second-order valence-electron chi connectivity index (χ2n) is 2.11. The molecule has 0 bridgehead atoms. The van der Waals surface area contributed by atoms with E-state index in [-0.39, 0.29) is 5.84 Å². The molecule has 1 aromatic carbocycles. The minimum atomic E-state index is -0.0532. The van der Waals surface area contributed by atoms with Crippen molar-refractivity contribution in [2.24, 2.45) is 10.9 Å². The van der Waals surface area contributed by atoms with Gasteiger partial charge in [0.2, 0.25) is 0 Å². The molecule has 3 nitrogen and oxygen atoms in total. The third kappa shape index (κ3) is 1.81. The summed E-state index contributed by atoms with van der Waals surface area (Å²) < 4.78 is 0. The molecule has 1 aromatic rings. The van der Waals surface area contributed by atoms with Crippen molar-refractivity contribution >= 4 is 29.0 Å². The van der Waals surface area contributed by atoms with Crippen LogP contribution in [0.1, 0.15) is 5.56 Å². The Balaban J connectivity index is 3.23. The van der Waals surface area contributed by atoms with Crippen LogP contribution in [0, 0.1) is 0 Å². The van der Waals surface area contributed by atoms with E-state index in [0.717, 1.165) is 0 Å². The Bertz CT molecular complexity index is 325. The van der Waals surface area contributed by atoms with E-state index in [1.54, 1.807) is 12.1 Å². The van der Waals surface area contributed by atoms with Gasteiger partial charge in [-0.3, -0.25) is 0 Å². The molecule has 5 heteroatoms. The molecule has 64 valence electrons. The summed E-state index contributed by atoms with van der Waals surface area (Å²) in [7, 11) is 0. The van der Waals surface area contributed by atoms with Crippen LogP contribution in [-0.4, -0.2) is 11.0 Å². The van der Waals surface area contributed by atoms with Crippen LogP contribution in [0.25, 0.3) is 0 Å². The van der Waals surface area contributed by atoms with Crippen LogP contribution in [0.2, 0.25) is 10.0 Å². The van der Waals surface area contributed by atoms with Gasteiger partial charge < -0.3 is 10.9 Å². The lowest BCUT2D eigenvalue weighted by Gasteiger charge is -2.01. The van der Waals surface area contributed by atoms with Crippen molar-refractivity contribution in [1.82, 2.24) is 0 Å². The lowest BCUT2D eigenvalue weighted by atomic mass is 10.2. The van der Waals surface area contributed by atoms with Gasteiger partial charge in [0, 0.05) is 10.6 Å². The first-order valence-corrected chi connectivity index (χ1v) is 3.83. The van der Waals surface area contributed by atoms with E-state index in [4.69, 9.17) is 34.1 Å². The lowest BCUT2D eigenvalue weighted by Crippen LogP contribution is -2.13. The quantitative estimate of drug-likeness (QED) is 0.319. The lowest BCUT2D eigenvalue weighted by molar-refractivity contribution is 0.318. The van der Waals surface area contributed by atoms with Gasteiger partial charge in [-0.1, -0.05) is 28.4 Å². The zero-order valence-electron chi connectivity index (χ0n) is 5.96. The number of oxime groups is 1. The zero-order valence-corrected chi connectivity index (χ0v) is 7.47. The van der Waals surface area contributed by atoms with Gasteiger partial charge in [0.25, 0.3) is 0 Å². The maximum absolute atomic E-state index is 8.36. The van der Waals surface area contributed by atoms with E-state index < -0.39 is 0 Å². The first-order chi connectivity index (χ1) is 5.65. The van der Waals surface area contributed by atoms with Crippen LogP contribution in [-0.2, 0) is 0 Å². The van der Waals surface area contributed by atoms with E-state index >= 15 is 0 Å². The third-order valence-electron chi connectivity index (χ3n) is 1.31. The molecule has 0 aliphatic rings. The summed E-state index contributed by atoms with van der Waals surface area (Å²) in [6, 6.07) is 4.73. The van der Waals surface area contributed by atoms with Crippen molar-refractivity contribution in [1.29, 1.82) is 0 Å². The summed E-state index contributed by atoms with van der Waals surface area (Å²) >= 11 is 11.4. The van der Waals surface area contributed by atoms with Crippen molar-refractivity contribution in [2.75, 3.05) is 0 Å². The second kappa shape index (κ2) is 3.65. The molecule has 0 heterocycles. The molecule has 0 spiro atoms. The second-order valence-corrected chi connectivity index (χ2v) is 2.95. The normalized spacial score (nSPS) is 11.7. The molecule has 0 amide bonds. The molecule has 0 saturated carbocycles. The summed E-state index contributed by atoms with van der Waals surface area (Å²) in [6.45, 7) is 0. The number of hydrogen-bond donors (Lipinski definition) is 2.